The van der Waals surface area contributed by atoms with E-state index in [0.717, 1.165) is 11.1 Å². The molecule has 0 radical (unpaired) electrons. The molecule has 1 aromatic heterocycles. The molecule has 0 spiro atoms. The number of ether oxygens (including phenoxy) is 2. The van der Waals surface area contributed by atoms with Crippen molar-refractivity contribution >= 4 is 34.2 Å². The van der Waals surface area contributed by atoms with Gasteiger partial charge in [0.25, 0.3) is 11.8 Å². The number of benzene rings is 3. The molecule has 0 saturated carbocycles. The Morgan fingerprint density at radius 3 is 2.44 bits per heavy atom. The van der Waals surface area contributed by atoms with Gasteiger partial charge in [0, 0.05) is 10.9 Å². The van der Waals surface area contributed by atoms with Crippen molar-refractivity contribution in [1.82, 2.24) is 5.32 Å². The van der Waals surface area contributed by atoms with Crippen molar-refractivity contribution in [3.05, 3.63) is 84.1 Å². The molecule has 0 fully saturated rings. The zero-order valence-corrected chi connectivity index (χ0v) is 18.7. The summed E-state index contributed by atoms with van der Waals surface area (Å²) in [5.41, 5.74) is 8.00. The Bertz CT molecular complexity index is 1300. The molecule has 0 aliphatic rings. The normalized spacial score (nSPS) is 10.6. The Labute approximate surface area is 196 Å². The molecule has 174 valence electrons. The first-order chi connectivity index (χ1) is 16.5. The maximum atomic E-state index is 12.4. The zero-order chi connectivity index (χ0) is 23.9. The van der Waals surface area contributed by atoms with Gasteiger partial charge in [-0.3, -0.25) is 9.59 Å². The highest BCUT2D eigenvalue weighted by molar-refractivity contribution is 6.05. The highest BCUT2D eigenvalue weighted by Crippen LogP contribution is 2.24. The van der Waals surface area contributed by atoms with E-state index >= 15 is 0 Å². The van der Waals surface area contributed by atoms with Gasteiger partial charge in [-0.25, -0.2) is 0 Å². The predicted octanol–water partition coefficient (Wildman–Crippen LogP) is 4.47. The Morgan fingerprint density at radius 2 is 1.68 bits per heavy atom. The predicted molar refractivity (Wildman–Crippen MR) is 130 cm³/mol. The molecule has 34 heavy (non-hydrogen) atoms. The molecule has 8 nitrogen and oxygen atoms in total. The fourth-order valence-electron chi connectivity index (χ4n) is 3.32. The minimum Gasteiger partial charge on any atom is -0.494 e. The molecule has 0 unspecified atom stereocenters. The molecule has 0 bridgehead atoms. The molecule has 0 aliphatic carbocycles. The fraction of sp³-hybridized carbons (Fsp3) is 0.154. The zero-order valence-electron chi connectivity index (χ0n) is 18.7. The van der Waals surface area contributed by atoms with E-state index in [1.807, 2.05) is 13.0 Å². The van der Waals surface area contributed by atoms with Gasteiger partial charge in [0.2, 0.25) is 0 Å². The van der Waals surface area contributed by atoms with Crippen LogP contribution in [0.1, 0.15) is 27.8 Å². The van der Waals surface area contributed by atoms with Gasteiger partial charge < -0.3 is 30.3 Å². The van der Waals surface area contributed by atoms with E-state index in [2.05, 4.69) is 10.6 Å². The van der Waals surface area contributed by atoms with Gasteiger partial charge in [0.05, 0.1) is 24.5 Å². The molecular formula is C26H25N3O5. The third-order valence-corrected chi connectivity index (χ3v) is 5.00. The second-order valence-electron chi connectivity index (χ2n) is 7.41. The number of rotatable bonds is 9. The third kappa shape index (κ3) is 5.47. The van der Waals surface area contributed by atoms with Crippen LogP contribution in [-0.4, -0.2) is 31.6 Å². The lowest BCUT2D eigenvalue weighted by atomic mass is 10.2. The van der Waals surface area contributed by atoms with E-state index in [1.165, 1.54) is 0 Å². The minimum absolute atomic E-state index is 0.220. The van der Waals surface area contributed by atoms with Crippen molar-refractivity contribution in [3.63, 3.8) is 0 Å². The second kappa shape index (κ2) is 10.4. The van der Waals surface area contributed by atoms with Crippen LogP contribution in [0.4, 0.5) is 11.4 Å². The largest absolute Gasteiger partial charge is 0.494 e. The lowest BCUT2D eigenvalue weighted by Gasteiger charge is -2.09. The number of nitrogens with one attached hydrogen (secondary N) is 2. The van der Waals surface area contributed by atoms with Crippen LogP contribution in [0, 0.1) is 0 Å². The summed E-state index contributed by atoms with van der Waals surface area (Å²) in [6, 6.07) is 20.9. The number of nitrogens with two attached hydrogens (primary N) is 1. The van der Waals surface area contributed by atoms with Crippen molar-refractivity contribution in [2.75, 3.05) is 30.8 Å². The molecule has 2 amide bonds. The minimum atomic E-state index is -0.329. The van der Waals surface area contributed by atoms with Crippen LogP contribution < -0.4 is 25.8 Å². The average Bonchev–Trinajstić information content (AvgIpc) is 3.27. The van der Waals surface area contributed by atoms with Crippen LogP contribution >= 0.6 is 0 Å². The van der Waals surface area contributed by atoms with E-state index in [9.17, 15) is 9.59 Å². The summed E-state index contributed by atoms with van der Waals surface area (Å²) >= 11 is 0. The van der Waals surface area contributed by atoms with Crippen molar-refractivity contribution in [2.24, 2.45) is 0 Å². The van der Waals surface area contributed by atoms with Crippen molar-refractivity contribution in [1.29, 1.82) is 0 Å². The molecule has 0 aliphatic heterocycles. The summed E-state index contributed by atoms with van der Waals surface area (Å²) in [6.07, 6.45) is 0. The summed E-state index contributed by atoms with van der Waals surface area (Å²) in [7, 11) is 0. The number of hydrogen-bond donors (Lipinski definition) is 3. The maximum absolute atomic E-state index is 12.4. The van der Waals surface area contributed by atoms with Gasteiger partial charge in [-0.1, -0.05) is 12.1 Å². The van der Waals surface area contributed by atoms with Crippen LogP contribution in [0.15, 0.2) is 77.2 Å². The van der Waals surface area contributed by atoms with Crippen molar-refractivity contribution < 1.29 is 23.5 Å². The number of fused-ring (bicyclic) bond motifs is 1. The molecule has 4 rings (SSSR count). The number of carbonyl (C=O) groups is 2. The van der Waals surface area contributed by atoms with Gasteiger partial charge in [-0.2, -0.15) is 0 Å². The van der Waals surface area contributed by atoms with E-state index in [1.54, 1.807) is 66.7 Å². The van der Waals surface area contributed by atoms with E-state index in [4.69, 9.17) is 19.6 Å². The number of carbonyl (C=O) groups excluding carboxylic acids is 2. The van der Waals surface area contributed by atoms with Crippen LogP contribution in [0.3, 0.4) is 0 Å². The van der Waals surface area contributed by atoms with E-state index < -0.39 is 0 Å². The topological polar surface area (TPSA) is 116 Å². The molecule has 8 heteroatoms. The second-order valence-corrected chi connectivity index (χ2v) is 7.41. The van der Waals surface area contributed by atoms with Crippen LogP contribution in [-0.2, 0) is 0 Å². The third-order valence-electron chi connectivity index (χ3n) is 5.00. The molecule has 4 aromatic rings. The Kier molecular flexibility index (Phi) is 6.98. The summed E-state index contributed by atoms with van der Waals surface area (Å²) in [6.45, 7) is 3.02. The molecular weight excluding hydrogens is 434 g/mol. The smallest absolute Gasteiger partial charge is 0.287 e. The highest BCUT2D eigenvalue weighted by atomic mass is 16.5. The van der Waals surface area contributed by atoms with Gasteiger partial charge in [0.15, 0.2) is 5.76 Å². The lowest BCUT2D eigenvalue weighted by Crippen LogP contribution is -2.27. The molecule has 4 N–H and O–H groups in total. The average molecular weight is 460 g/mol. The van der Waals surface area contributed by atoms with Gasteiger partial charge in [-0.05, 0) is 67.6 Å². The van der Waals surface area contributed by atoms with Crippen LogP contribution in [0.2, 0.25) is 0 Å². The maximum Gasteiger partial charge on any atom is 0.287 e. The number of nitrogen functional groups attached to an aromatic ring is 1. The SMILES string of the molecule is CCOc1ccc2oc(C(=O)NCCOc3ccc(C(=O)Nc4ccccc4N)cc3)cc2c1. The number of amides is 2. The van der Waals surface area contributed by atoms with E-state index in [0.29, 0.717) is 34.9 Å². The molecule has 0 saturated heterocycles. The Balaban J connectivity index is 1.25. The molecule has 3 aromatic carbocycles. The molecule has 1 heterocycles. The summed E-state index contributed by atoms with van der Waals surface area (Å²) < 4.78 is 16.7. The quantitative estimate of drug-likeness (QED) is 0.251. The first-order valence-electron chi connectivity index (χ1n) is 10.9. The highest BCUT2D eigenvalue weighted by Gasteiger charge is 2.13. The number of anilines is 2. The Morgan fingerprint density at radius 1 is 0.912 bits per heavy atom. The summed E-state index contributed by atoms with van der Waals surface area (Å²) in [5.74, 6) is 0.931. The van der Waals surface area contributed by atoms with Crippen LogP contribution in [0.5, 0.6) is 11.5 Å². The van der Waals surface area contributed by atoms with Gasteiger partial charge in [0.1, 0.15) is 23.7 Å². The number of para-hydroxylation sites is 2. The van der Waals surface area contributed by atoms with Crippen LogP contribution in [0.25, 0.3) is 11.0 Å². The van der Waals surface area contributed by atoms with Crippen molar-refractivity contribution in [3.8, 4) is 11.5 Å². The lowest BCUT2D eigenvalue weighted by molar-refractivity contribution is 0.0921. The fourth-order valence-corrected chi connectivity index (χ4v) is 3.32. The number of furan rings is 1. The summed E-state index contributed by atoms with van der Waals surface area (Å²) in [5, 5.41) is 6.34. The Hall–Kier alpha value is -4.46. The number of hydrogen-bond acceptors (Lipinski definition) is 6. The van der Waals surface area contributed by atoms with Gasteiger partial charge >= 0.3 is 0 Å². The standard InChI is InChI=1S/C26H25N3O5/c1-2-32-20-11-12-23-18(15-20)16-24(34-23)26(31)28-13-14-33-19-9-7-17(8-10-19)25(30)29-22-6-4-3-5-21(22)27/h3-12,15-16H,2,13-14,27H2,1H3,(H,28,31)(H,29,30). The first kappa shape index (κ1) is 22.7. The first-order valence-corrected chi connectivity index (χ1v) is 10.9. The van der Waals surface area contributed by atoms with Crippen molar-refractivity contribution in [2.45, 2.75) is 6.92 Å². The monoisotopic (exact) mass is 459 g/mol. The molecule has 0 atom stereocenters. The van der Waals surface area contributed by atoms with Gasteiger partial charge in [-0.15, -0.1) is 0 Å². The van der Waals surface area contributed by atoms with E-state index in [-0.39, 0.29) is 30.7 Å². The summed E-state index contributed by atoms with van der Waals surface area (Å²) in [4.78, 5) is 24.8.